The first kappa shape index (κ1) is 19.3. The number of carbonyl (C=O) groups is 1. The van der Waals surface area contributed by atoms with E-state index in [1.165, 1.54) is 22.9 Å². The Labute approximate surface area is 152 Å². The molecule has 0 aliphatic heterocycles. The number of carbonyl (C=O) groups excluding carboxylic acids is 1. The van der Waals surface area contributed by atoms with E-state index in [4.69, 9.17) is 0 Å². The highest BCUT2D eigenvalue weighted by atomic mass is 32.2. The maximum Gasteiger partial charge on any atom is 0.343 e. The number of aryl methyl sites for hydroxylation is 2. The maximum atomic E-state index is 12.2. The van der Waals surface area contributed by atoms with Crippen molar-refractivity contribution in [2.45, 2.75) is 58.3 Å². The Balaban J connectivity index is 1.92. The number of hydrogen-bond donors (Lipinski definition) is 2. The van der Waals surface area contributed by atoms with Crippen molar-refractivity contribution in [3.63, 3.8) is 0 Å². The molecule has 1 unspecified atom stereocenters. The molecule has 1 amide bonds. The smallest absolute Gasteiger partial charge is 0.343 e. The van der Waals surface area contributed by atoms with Crippen LogP contribution in [-0.2, 0) is 11.3 Å². The van der Waals surface area contributed by atoms with Crippen LogP contribution in [0.5, 0.6) is 0 Å². The summed E-state index contributed by atoms with van der Waals surface area (Å²) in [7, 11) is 0. The zero-order chi connectivity index (χ0) is 18.4. The fourth-order valence-corrected chi connectivity index (χ4v) is 3.24. The summed E-state index contributed by atoms with van der Waals surface area (Å²) < 4.78 is 1.59. The number of hydrogen-bond acceptors (Lipinski definition) is 4. The van der Waals surface area contributed by atoms with Crippen molar-refractivity contribution in [1.82, 2.24) is 20.1 Å². The van der Waals surface area contributed by atoms with E-state index in [1.807, 2.05) is 13.0 Å². The van der Waals surface area contributed by atoms with Gasteiger partial charge >= 0.3 is 5.69 Å². The summed E-state index contributed by atoms with van der Waals surface area (Å²) in [4.78, 5) is 24.0. The standard InChI is InChI=1S/C18H26N4O2S/c1-5-6-9-22-17(24)20-21-18(22)25-11-16(23)19-14(4)15-8-7-12(2)13(3)10-15/h7-8,10,14H,5-6,9,11H2,1-4H3,(H,19,23)(H,20,24). The van der Waals surface area contributed by atoms with Crippen LogP contribution in [0.3, 0.4) is 0 Å². The van der Waals surface area contributed by atoms with Gasteiger partial charge in [0.1, 0.15) is 0 Å². The largest absolute Gasteiger partial charge is 0.349 e. The minimum atomic E-state index is -0.222. The molecule has 6 nitrogen and oxygen atoms in total. The summed E-state index contributed by atoms with van der Waals surface area (Å²) in [6.07, 6.45) is 1.90. The molecular formula is C18H26N4O2S. The Morgan fingerprint density at radius 3 is 2.80 bits per heavy atom. The van der Waals surface area contributed by atoms with Crippen LogP contribution in [0.1, 0.15) is 49.4 Å². The molecule has 0 aliphatic rings. The van der Waals surface area contributed by atoms with Gasteiger partial charge in [0.15, 0.2) is 5.16 Å². The Kier molecular flexibility index (Phi) is 6.87. The molecule has 0 saturated carbocycles. The number of amides is 1. The van der Waals surface area contributed by atoms with Gasteiger partial charge in [0, 0.05) is 6.54 Å². The molecule has 0 fully saturated rings. The molecule has 7 heteroatoms. The third-order valence-electron chi connectivity index (χ3n) is 4.20. The Morgan fingerprint density at radius 2 is 2.12 bits per heavy atom. The zero-order valence-electron chi connectivity index (χ0n) is 15.3. The van der Waals surface area contributed by atoms with Crippen LogP contribution in [0.25, 0.3) is 0 Å². The molecule has 1 atom stereocenters. The van der Waals surface area contributed by atoms with Gasteiger partial charge < -0.3 is 5.32 Å². The molecule has 0 radical (unpaired) electrons. The average Bonchev–Trinajstić information content (AvgIpc) is 2.93. The second kappa shape index (κ2) is 8.89. The van der Waals surface area contributed by atoms with Crippen molar-refractivity contribution < 1.29 is 4.79 Å². The van der Waals surface area contributed by atoms with Crippen molar-refractivity contribution in [2.75, 3.05) is 5.75 Å². The van der Waals surface area contributed by atoms with Crippen LogP contribution in [0.15, 0.2) is 28.2 Å². The Hall–Kier alpha value is -2.02. The van der Waals surface area contributed by atoms with Gasteiger partial charge in [0.2, 0.25) is 5.91 Å². The first-order valence-corrected chi connectivity index (χ1v) is 9.55. The quantitative estimate of drug-likeness (QED) is 0.708. The van der Waals surface area contributed by atoms with Crippen molar-refractivity contribution in [3.8, 4) is 0 Å². The van der Waals surface area contributed by atoms with E-state index >= 15 is 0 Å². The molecule has 0 bridgehead atoms. The SMILES string of the molecule is CCCCn1c(SCC(=O)NC(C)c2ccc(C)c(C)c2)n[nH]c1=O. The highest BCUT2D eigenvalue weighted by molar-refractivity contribution is 7.99. The number of nitrogens with zero attached hydrogens (tertiary/aromatic N) is 2. The maximum absolute atomic E-state index is 12.2. The second-order valence-electron chi connectivity index (χ2n) is 6.24. The highest BCUT2D eigenvalue weighted by Crippen LogP contribution is 2.18. The van der Waals surface area contributed by atoms with Crippen LogP contribution >= 0.6 is 11.8 Å². The average molecular weight is 362 g/mol. The third-order valence-corrected chi connectivity index (χ3v) is 5.18. The molecular weight excluding hydrogens is 336 g/mol. The molecule has 2 aromatic rings. The van der Waals surface area contributed by atoms with Gasteiger partial charge in [-0.3, -0.25) is 9.36 Å². The third kappa shape index (κ3) is 5.22. The lowest BCUT2D eigenvalue weighted by Crippen LogP contribution is -2.28. The predicted octanol–water partition coefficient (Wildman–Crippen LogP) is 2.96. The molecule has 136 valence electrons. The van der Waals surface area contributed by atoms with Crippen molar-refractivity contribution in [1.29, 1.82) is 0 Å². The van der Waals surface area contributed by atoms with Gasteiger partial charge in [-0.25, -0.2) is 9.89 Å². The number of aromatic amines is 1. The van der Waals surface area contributed by atoms with Crippen molar-refractivity contribution in [2.24, 2.45) is 0 Å². The minimum Gasteiger partial charge on any atom is -0.349 e. The van der Waals surface area contributed by atoms with Crippen LogP contribution in [0.2, 0.25) is 0 Å². The fourth-order valence-electron chi connectivity index (χ4n) is 2.46. The van der Waals surface area contributed by atoms with Gasteiger partial charge in [-0.15, -0.1) is 5.10 Å². The summed E-state index contributed by atoms with van der Waals surface area (Å²) in [6, 6.07) is 6.15. The van der Waals surface area contributed by atoms with E-state index in [1.54, 1.807) is 4.57 Å². The molecule has 2 N–H and O–H groups in total. The van der Waals surface area contributed by atoms with Gasteiger partial charge in [-0.05, 0) is 43.9 Å². The summed E-state index contributed by atoms with van der Waals surface area (Å²) in [5, 5.41) is 10.0. The monoisotopic (exact) mass is 362 g/mol. The lowest BCUT2D eigenvalue weighted by molar-refractivity contribution is -0.119. The summed E-state index contributed by atoms with van der Waals surface area (Å²) >= 11 is 1.28. The molecule has 2 rings (SSSR count). The number of unbranched alkanes of at least 4 members (excludes halogenated alkanes) is 1. The summed E-state index contributed by atoms with van der Waals surface area (Å²) in [5.41, 5.74) is 3.31. The number of nitrogens with one attached hydrogen (secondary N) is 2. The summed E-state index contributed by atoms with van der Waals surface area (Å²) in [6.45, 7) is 8.80. The van der Waals surface area contributed by atoms with E-state index in [2.05, 4.69) is 48.4 Å². The van der Waals surface area contributed by atoms with Gasteiger partial charge in [-0.2, -0.15) is 0 Å². The molecule has 1 aromatic carbocycles. The Bertz CT molecular complexity index is 782. The van der Waals surface area contributed by atoms with E-state index in [9.17, 15) is 9.59 Å². The topological polar surface area (TPSA) is 79.8 Å². The minimum absolute atomic E-state index is 0.0612. The van der Waals surface area contributed by atoms with Crippen LogP contribution < -0.4 is 11.0 Å². The van der Waals surface area contributed by atoms with Gasteiger partial charge in [0.25, 0.3) is 0 Å². The fraction of sp³-hybridized carbons (Fsp3) is 0.500. The van der Waals surface area contributed by atoms with E-state index in [0.29, 0.717) is 11.7 Å². The zero-order valence-corrected chi connectivity index (χ0v) is 16.1. The van der Waals surface area contributed by atoms with Crippen molar-refractivity contribution in [3.05, 3.63) is 45.4 Å². The molecule has 0 aliphatic carbocycles. The van der Waals surface area contributed by atoms with E-state index < -0.39 is 0 Å². The van der Waals surface area contributed by atoms with Gasteiger partial charge in [-0.1, -0.05) is 43.3 Å². The number of benzene rings is 1. The molecule has 1 aromatic heterocycles. The number of thioether (sulfide) groups is 1. The molecule has 25 heavy (non-hydrogen) atoms. The van der Waals surface area contributed by atoms with Crippen molar-refractivity contribution >= 4 is 17.7 Å². The van der Waals surface area contributed by atoms with E-state index in [-0.39, 0.29) is 23.4 Å². The normalized spacial score (nSPS) is 12.2. The summed E-state index contributed by atoms with van der Waals surface area (Å²) in [5.74, 6) is 0.152. The molecule has 1 heterocycles. The Morgan fingerprint density at radius 1 is 1.36 bits per heavy atom. The molecule has 0 saturated heterocycles. The lowest BCUT2D eigenvalue weighted by atomic mass is 10.0. The first-order chi connectivity index (χ1) is 11.9. The van der Waals surface area contributed by atoms with Gasteiger partial charge in [0.05, 0.1) is 11.8 Å². The highest BCUT2D eigenvalue weighted by Gasteiger charge is 2.14. The van der Waals surface area contributed by atoms with E-state index in [0.717, 1.165) is 18.4 Å². The van der Waals surface area contributed by atoms with Crippen LogP contribution in [-0.4, -0.2) is 26.4 Å². The first-order valence-electron chi connectivity index (χ1n) is 8.57. The number of H-pyrrole nitrogens is 1. The van der Waals surface area contributed by atoms with Crippen LogP contribution in [0.4, 0.5) is 0 Å². The molecule has 0 spiro atoms. The second-order valence-corrected chi connectivity index (χ2v) is 7.18. The number of rotatable bonds is 8. The predicted molar refractivity (Wildman–Crippen MR) is 101 cm³/mol. The number of aromatic nitrogens is 3. The lowest BCUT2D eigenvalue weighted by Gasteiger charge is -2.15. The van der Waals surface area contributed by atoms with Crippen LogP contribution in [0, 0.1) is 13.8 Å².